The minimum absolute atomic E-state index is 0.243. The van der Waals surface area contributed by atoms with Gasteiger partial charge in [0, 0.05) is 50.5 Å². The van der Waals surface area contributed by atoms with E-state index in [0.29, 0.717) is 43.5 Å². The number of nitrogens with zero attached hydrogens (tertiary/aromatic N) is 5. The van der Waals surface area contributed by atoms with Gasteiger partial charge in [0.1, 0.15) is 6.07 Å². The highest BCUT2D eigenvalue weighted by molar-refractivity contribution is 7.89. The zero-order valence-electron chi connectivity index (χ0n) is 18.2. The third-order valence-corrected chi connectivity index (χ3v) is 8.12. The van der Waals surface area contributed by atoms with Crippen LogP contribution < -0.4 is 9.80 Å². The smallest absolute Gasteiger partial charge is 0.243 e. The number of benzene rings is 2. The molecular formula is C24H25N5O3S. The number of anilines is 2. The fourth-order valence-electron chi connectivity index (χ4n) is 4.38. The standard InChI is InChI=1S/C24H25N5O3S/c25-18-22-24(28-16-14-27(15-17-28)20-6-2-1-3-7-20)32-23(26-22)19-8-10-21(11-9-19)33(30,31)29-12-4-5-13-29/h1-3,6-11H,4-5,12-17H2. The lowest BCUT2D eigenvalue weighted by Crippen LogP contribution is -2.46. The minimum atomic E-state index is -3.47. The minimum Gasteiger partial charge on any atom is -0.419 e. The Morgan fingerprint density at radius 2 is 1.48 bits per heavy atom. The molecule has 3 heterocycles. The van der Waals surface area contributed by atoms with E-state index in [0.717, 1.165) is 25.9 Å². The van der Waals surface area contributed by atoms with Crippen molar-refractivity contribution < 1.29 is 12.8 Å². The van der Waals surface area contributed by atoms with Crippen LogP contribution >= 0.6 is 0 Å². The molecule has 1 aromatic heterocycles. The number of nitriles is 1. The number of hydrogen-bond donors (Lipinski definition) is 0. The van der Waals surface area contributed by atoms with Crippen molar-refractivity contribution in [2.24, 2.45) is 0 Å². The number of oxazole rings is 1. The summed E-state index contributed by atoms with van der Waals surface area (Å²) in [6, 6.07) is 18.9. The van der Waals surface area contributed by atoms with Crippen LogP contribution in [0.2, 0.25) is 0 Å². The Balaban J connectivity index is 1.33. The van der Waals surface area contributed by atoms with Gasteiger partial charge in [-0.3, -0.25) is 0 Å². The van der Waals surface area contributed by atoms with Crippen molar-refractivity contribution in [3.8, 4) is 17.5 Å². The van der Waals surface area contributed by atoms with Gasteiger partial charge >= 0.3 is 0 Å². The molecule has 0 radical (unpaired) electrons. The third-order valence-electron chi connectivity index (χ3n) is 6.21. The first-order chi connectivity index (χ1) is 16.1. The monoisotopic (exact) mass is 463 g/mol. The number of hydrogen-bond acceptors (Lipinski definition) is 7. The quantitative estimate of drug-likeness (QED) is 0.573. The van der Waals surface area contributed by atoms with Gasteiger partial charge in [-0.25, -0.2) is 8.42 Å². The number of piperazine rings is 1. The van der Waals surface area contributed by atoms with Crippen molar-refractivity contribution in [3.05, 3.63) is 60.3 Å². The van der Waals surface area contributed by atoms with E-state index in [4.69, 9.17) is 4.42 Å². The predicted octanol–water partition coefficient (Wildman–Crippen LogP) is 3.32. The molecule has 5 rings (SSSR count). The molecule has 2 aliphatic rings. The fourth-order valence-corrected chi connectivity index (χ4v) is 5.89. The molecule has 2 aliphatic heterocycles. The van der Waals surface area contributed by atoms with Gasteiger partial charge in [-0.1, -0.05) is 18.2 Å². The summed E-state index contributed by atoms with van der Waals surface area (Å²) in [5.74, 6) is 0.783. The lowest BCUT2D eigenvalue weighted by atomic mass is 10.2. The van der Waals surface area contributed by atoms with E-state index in [1.54, 1.807) is 24.3 Å². The maximum absolute atomic E-state index is 12.8. The molecule has 0 atom stereocenters. The molecule has 0 saturated carbocycles. The second-order valence-electron chi connectivity index (χ2n) is 8.23. The average molecular weight is 464 g/mol. The summed E-state index contributed by atoms with van der Waals surface area (Å²) in [7, 11) is -3.47. The Morgan fingerprint density at radius 3 is 2.12 bits per heavy atom. The van der Waals surface area contributed by atoms with Crippen molar-refractivity contribution in [2.75, 3.05) is 49.1 Å². The number of sulfonamides is 1. The van der Waals surface area contributed by atoms with E-state index in [1.165, 1.54) is 9.99 Å². The van der Waals surface area contributed by atoms with Crippen LogP contribution in [0.5, 0.6) is 0 Å². The second-order valence-corrected chi connectivity index (χ2v) is 10.2. The lowest BCUT2D eigenvalue weighted by molar-refractivity contribution is 0.477. The molecule has 0 spiro atoms. The average Bonchev–Trinajstić information content (AvgIpc) is 3.56. The molecule has 33 heavy (non-hydrogen) atoms. The van der Waals surface area contributed by atoms with Crippen LogP contribution in [0.4, 0.5) is 11.6 Å². The SMILES string of the molecule is N#Cc1nc(-c2ccc(S(=O)(=O)N3CCCC3)cc2)oc1N1CCN(c2ccccc2)CC1. The molecule has 2 saturated heterocycles. The maximum atomic E-state index is 12.8. The predicted molar refractivity (Wildman–Crippen MR) is 126 cm³/mol. The van der Waals surface area contributed by atoms with Gasteiger partial charge in [-0.05, 0) is 49.2 Å². The molecule has 8 nitrogen and oxygen atoms in total. The Labute approximate surface area is 193 Å². The summed E-state index contributed by atoms with van der Waals surface area (Å²) in [4.78, 5) is 8.99. The highest BCUT2D eigenvalue weighted by Gasteiger charge is 2.28. The first-order valence-electron chi connectivity index (χ1n) is 11.1. The Hall–Kier alpha value is -3.35. The van der Waals surface area contributed by atoms with E-state index in [2.05, 4.69) is 28.1 Å². The van der Waals surface area contributed by atoms with E-state index in [-0.39, 0.29) is 10.6 Å². The van der Waals surface area contributed by atoms with Crippen LogP contribution in [0.15, 0.2) is 63.9 Å². The first-order valence-corrected chi connectivity index (χ1v) is 12.6. The summed E-state index contributed by atoms with van der Waals surface area (Å²) in [5.41, 5.74) is 2.06. The Morgan fingerprint density at radius 1 is 0.848 bits per heavy atom. The molecular weight excluding hydrogens is 438 g/mol. The molecule has 0 aliphatic carbocycles. The normalized spacial score (nSPS) is 17.3. The lowest BCUT2D eigenvalue weighted by Gasteiger charge is -2.35. The molecule has 2 fully saturated rings. The zero-order chi connectivity index (χ0) is 22.8. The highest BCUT2D eigenvalue weighted by atomic mass is 32.2. The third kappa shape index (κ3) is 4.19. The summed E-state index contributed by atoms with van der Waals surface area (Å²) < 4.78 is 33.0. The van der Waals surface area contributed by atoms with E-state index in [1.807, 2.05) is 23.1 Å². The van der Waals surface area contributed by atoms with Crippen molar-refractivity contribution >= 4 is 21.6 Å². The fraction of sp³-hybridized carbons (Fsp3) is 0.333. The molecule has 0 bridgehead atoms. The largest absolute Gasteiger partial charge is 0.419 e. The van der Waals surface area contributed by atoms with Gasteiger partial charge in [0.05, 0.1) is 4.90 Å². The maximum Gasteiger partial charge on any atom is 0.243 e. The summed E-state index contributed by atoms with van der Waals surface area (Å²) in [6.07, 6.45) is 1.79. The van der Waals surface area contributed by atoms with Gasteiger partial charge in [0.2, 0.25) is 27.5 Å². The number of rotatable bonds is 5. The van der Waals surface area contributed by atoms with Crippen molar-refractivity contribution in [1.82, 2.24) is 9.29 Å². The van der Waals surface area contributed by atoms with Crippen LogP contribution in [0.3, 0.4) is 0 Å². The number of para-hydroxylation sites is 1. The molecule has 170 valence electrons. The van der Waals surface area contributed by atoms with E-state index in [9.17, 15) is 13.7 Å². The summed E-state index contributed by atoms with van der Waals surface area (Å²) in [5, 5.41) is 9.62. The molecule has 0 N–H and O–H groups in total. The topological polar surface area (TPSA) is 93.7 Å². The van der Waals surface area contributed by atoms with Crippen molar-refractivity contribution in [2.45, 2.75) is 17.7 Å². The van der Waals surface area contributed by atoms with Crippen LogP contribution in [0, 0.1) is 11.3 Å². The summed E-state index contributed by atoms with van der Waals surface area (Å²) >= 11 is 0. The van der Waals surface area contributed by atoms with E-state index < -0.39 is 10.0 Å². The number of aromatic nitrogens is 1. The van der Waals surface area contributed by atoms with Crippen molar-refractivity contribution in [1.29, 1.82) is 5.26 Å². The molecule has 3 aromatic rings. The molecule has 0 amide bonds. The summed E-state index contributed by atoms with van der Waals surface area (Å²) in [6.45, 7) is 4.19. The highest BCUT2D eigenvalue weighted by Crippen LogP contribution is 2.31. The molecule has 9 heteroatoms. The zero-order valence-corrected chi connectivity index (χ0v) is 19.0. The van der Waals surface area contributed by atoms with Gasteiger partial charge in [0.25, 0.3) is 0 Å². The van der Waals surface area contributed by atoms with Gasteiger partial charge in [-0.2, -0.15) is 14.6 Å². The van der Waals surface area contributed by atoms with Gasteiger partial charge < -0.3 is 14.2 Å². The second kappa shape index (κ2) is 8.89. The Bertz CT molecular complexity index is 1250. The first kappa shape index (κ1) is 21.5. The van der Waals surface area contributed by atoms with Crippen LogP contribution in [0.1, 0.15) is 18.5 Å². The van der Waals surface area contributed by atoms with Gasteiger partial charge in [0.15, 0.2) is 0 Å². The van der Waals surface area contributed by atoms with Crippen LogP contribution in [0.25, 0.3) is 11.5 Å². The van der Waals surface area contributed by atoms with Crippen LogP contribution in [-0.4, -0.2) is 57.0 Å². The van der Waals surface area contributed by atoms with Crippen molar-refractivity contribution in [3.63, 3.8) is 0 Å². The van der Waals surface area contributed by atoms with Crippen LogP contribution in [-0.2, 0) is 10.0 Å². The van der Waals surface area contributed by atoms with E-state index >= 15 is 0 Å². The Kier molecular flexibility index (Phi) is 5.79. The van der Waals surface area contributed by atoms with Gasteiger partial charge in [-0.15, -0.1) is 0 Å². The molecule has 0 unspecified atom stereocenters. The molecule has 2 aromatic carbocycles.